The summed E-state index contributed by atoms with van der Waals surface area (Å²) in [7, 11) is 0. The maximum absolute atomic E-state index is 11.7. The smallest absolute Gasteiger partial charge is 0.249 e. The monoisotopic (exact) mass is 943 g/mol. The second-order valence-corrected chi connectivity index (χ2v) is 22.0. The van der Waals surface area contributed by atoms with Crippen molar-refractivity contribution in [2.75, 3.05) is 13.2 Å². The Balaban J connectivity index is -0.000000231. The molecule has 2 fully saturated rings. The largest absolute Gasteiger partial charge is 0.368 e. The third kappa shape index (κ3) is 58.8. The molecule has 0 bridgehead atoms. The van der Waals surface area contributed by atoms with Crippen LogP contribution >= 0.6 is 0 Å². The van der Waals surface area contributed by atoms with Crippen molar-refractivity contribution in [2.45, 2.75) is 277 Å². The first-order valence-electron chi connectivity index (χ1n) is 25.5. The Morgan fingerprint density at radius 3 is 1.36 bits per heavy atom. The molecule has 2 atom stereocenters. The fourth-order valence-electron chi connectivity index (χ4n) is 5.96. The topological polar surface area (TPSA) is 184 Å². The summed E-state index contributed by atoms with van der Waals surface area (Å²) in [5, 5.41) is 16.9. The maximum Gasteiger partial charge on any atom is 0.249 e. The van der Waals surface area contributed by atoms with Gasteiger partial charge in [-0.15, -0.1) is 0 Å². The highest BCUT2D eigenvalue weighted by atomic mass is 16.5. The molecule has 0 aromatic carbocycles. The van der Waals surface area contributed by atoms with Gasteiger partial charge in [-0.3, -0.25) is 28.8 Å². The van der Waals surface area contributed by atoms with Gasteiger partial charge in [0.15, 0.2) is 0 Å². The van der Waals surface area contributed by atoms with Gasteiger partial charge in [-0.2, -0.15) is 0 Å². The van der Waals surface area contributed by atoms with E-state index in [1.54, 1.807) is 0 Å². The Bertz CT molecular complexity index is 1260. The number of hydrogen-bond acceptors (Lipinski definition) is 7. The second-order valence-electron chi connectivity index (χ2n) is 22.0. The molecule has 6 amide bonds. The van der Waals surface area contributed by atoms with Crippen LogP contribution < -0.4 is 31.9 Å². The summed E-state index contributed by atoms with van der Waals surface area (Å²) in [6.45, 7) is 46.3. The van der Waals surface area contributed by atoms with Crippen molar-refractivity contribution < 1.29 is 33.5 Å². The van der Waals surface area contributed by atoms with E-state index in [0.717, 1.165) is 38.7 Å². The van der Waals surface area contributed by atoms with Gasteiger partial charge in [-0.05, 0) is 147 Å². The predicted octanol–water partition coefficient (Wildman–Crippen LogP) is 10.7. The van der Waals surface area contributed by atoms with E-state index in [9.17, 15) is 28.8 Å². The molecule has 13 nitrogen and oxygen atoms in total. The zero-order valence-corrected chi connectivity index (χ0v) is 47.4. The third-order valence-electron chi connectivity index (χ3n) is 8.84. The molecule has 0 spiro atoms. The van der Waals surface area contributed by atoms with E-state index < -0.39 is 0 Å². The van der Waals surface area contributed by atoms with Crippen LogP contribution in [-0.4, -0.2) is 82.9 Å². The Morgan fingerprint density at radius 1 is 0.576 bits per heavy atom. The molecular formula is C53H110N6O7. The van der Waals surface area contributed by atoms with E-state index in [4.69, 9.17) is 4.74 Å². The minimum atomic E-state index is -0.241. The van der Waals surface area contributed by atoms with Crippen LogP contribution in [0, 0.1) is 17.8 Å². The van der Waals surface area contributed by atoms with E-state index in [0.29, 0.717) is 30.6 Å². The zero-order chi connectivity index (χ0) is 52.9. The summed E-state index contributed by atoms with van der Waals surface area (Å²) >= 11 is 0. The van der Waals surface area contributed by atoms with Gasteiger partial charge in [0.05, 0.1) is 6.54 Å². The number of ether oxygens (including phenoxy) is 1. The molecule has 1 saturated heterocycles. The summed E-state index contributed by atoms with van der Waals surface area (Å²) < 4.78 is 5.20. The summed E-state index contributed by atoms with van der Waals surface area (Å²) in [5.74, 6) is 1.97. The lowest BCUT2D eigenvalue weighted by molar-refractivity contribution is -0.130. The molecule has 66 heavy (non-hydrogen) atoms. The van der Waals surface area contributed by atoms with Crippen molar-refractivity contribution in [3.05, 3.63) is 0 Å². The number of carbonyl (C=O) groups is 6. The molecule has 1 saturated carbocycles. The van der Waals surface area contributed by atoms with Crippen LogP contribution in [0.3, 0.4) is 0 Å². The van der Waals surface area contributed by atoms with Gasteiger partial charge in [0.1, 0.15) is 6.10 Å². The Morgan fingerprint density at radius 2 is 1.00 bits per heavy atom. The van der Waals surface area contributed by atoms with Crippen LogP contribution in [0.25, 0.3) is 0 Å². The first kappa shape index (κ1) is 71.8. The standard InChI is InChI=1S/C13H25NO.2C10H21NO.C8H16N2O2.C8H15NO2.2C2H6/c1-13(2,3)14-12(15)10-11-8-6-4-5-7-9-11;1-8(2)6-7-9(12)11-10(3,4)5;1-6-8(2)7-9(12)11-10(3,4)5;1-6(11)9-5-7(12)10-8(2,3)4;1-6(2)9-8(10)7-4-3-5-11-7;2*1-2/h11H,4-10H2,1-3H3,(H,14,15);2*8H,6-7H2,1-5H3,(H,11,12);5H2,1-4H3,(H,9,11)(H,10,12);6-7H,3-5H2,1-2H3,(H,9,10);2*1-2H3. The fraction of sp³-hybridized carbons (Fsp3) is 0.887. The van der Waals surface area contributed by atoms with Crippen LogP contribution in [0.5, 0.6) is 0 Å². The van der Waals surface area contributed by atoms with Gasteiger partial charge in [-0.1, -0.05) is 87.5 Å². The average Bonchev–Trinajstić information content (AvgIpc) is 3.58. The lowest BCUT2D eigenvalue weighted by Crippen LogP contribution is -2.45. The lowest BCUT2D eigenvalue weighted by Gasteiger charge is -2.22. The Kier molecular flexibility index (Phi) is 43.2. The van der Waals surface area contributed by atoms with E-state index >= 15 is 0 Å². The second kappa shape index (κ2) is 39.7. The van der Waals surface area contributed by atoms with Crippen molar-refractivity contribution in [1.29, 1.82) is 0 Å². The Labute approximate surface area is 407 Å². The fourth-order valence-corrected chi connectivity index (χ4v) is 5.96. The number of carbonyl (C=O) groups excluding carboxylic acids is 6. The van der Waals surface area contributed by atoms with Gasteiger partial charge in [-0.25, -0.2) is 0 Å². The number of hydrogen-bond donors (Lipinski definition) is 6. The highest BCUT2D eigenvalue weighted by molar-refractivity contribution is 5.84. The van der Waals surface area contributed by atoms with Crippen LogP contribution in [-0.2, 0) is 33.5 Å². The highest BCUT2D eigenvalue weighted by Crippen LogP contribution is 2.25. The van der Waals surface area contributed by atoms with Gasteiger partial charge in [0, 0.05) is 61.0 Å². The molecule has 1 aliphatic carbocycles. The quantitative estimate of drug-likeness (QED) is 0.105. The molecule has 2 aliphatic rings. The molecule has 0 aromatic rings. The number of nitrogens with one attached hydrogen (secondary N) is 6. The molecule has 2 unspecified atom stereocenters. The molecule has 2 rings (SSSR count). The first-order chi connectivity index (χ1) is 30.1. The van der Waals surface area contributed by atoms with Crippen LogP contribution in [0.4, 0.5) is 0 Å². The molecule has 0 aromatic heterocycles. The molecule has 6 N–H and O–H groups in total. The average molecular weight is 943 g/mol. The van der Waals surface area contributed by atoms with Gasteiger partial charge in [0.2, 0.25) is 35.4 Å². The minimum Gasteiger partial charge on any atom is -0.368 e. The minimum absolute atomic E-state index is 0.0394. The van der Waals surface area contributed by atoms with Crippen molar-refractivity contribution in [3.63, 3.8) is 0 Å². The van der Waals surface area contributed by atoms with E-state index in [1.807, 2.05) is 125 Å². The number of rotatable bonds is 12. The van der Waals surface area contributed by atoms with Gasteiger partial charge in [0.25, 0.3) is 0 Å². The van der Waals surface area contributed by atoms with Crippen molar-refractivity contribution in [3.8, 4) is 0 Å². The number of amides is 6. The maximum atomic E-state index is 11.7. The summed E-state index contributed by atoms with van der Waals surface area (Å²) in [6.07, 6.45) is 13.6. The van der Waals surface area contributed by atoms with Crippen LogP contribution in [0.2, 0.25) is 0 Å². The van der Waals surface area contributed by atoms with Crippen LogP contribution in [0.1, 0.15) is 243 Å². The molecule has 1 aliphatic heterocycles. The third-order valence-corrected chi connectivity index (χ3v) is 8.84. The van der Waals surface area contributed by atoms with E-state index in [1.165, 1.54) is 45.4 Å². The molecular weight excluding hydrogens is 833 g/mol. The Hall–Kier alpha value is -3.22. The molecule has 0 radical (unpaired) electrons. The predicted molar refractivity (Wildman–Crippen MR) is 279 cm³/mol. The zero-order valence-electron chi connectivity index (χ0n) is 47.4. The van der Waals surface area contributed by atoms with Crippen molar-refractivity contribution >= 4 is 35.4 Å². The van der Waals surface area contributed by atoms with E-state index in [-0.39, 0.29) is 76.3 Å². The van der Waals surface area contributed by atoms with Crippen molar-refractivity contribution in [2.24, 2.45) is 17.8 Å². The molecule has 1 heterocycles. The molecule has 394 valence electrons. The lowest BCUT2D eigenvalue weighted by atomic mass is 9.95. The van der Waals surface area contributed by atoms with Crippen molar-refractivity contribution in [1.82, 2.24) is 31.9 Å². The van der Waals surface area contributed by atoms with Crippen LogP contribution in [0.15, 0.2) is 0 Å². The van der Waals surface area contributed by atoms with E-state index in [2.05, 4.69) is 59.6 Å². The summed E-state index contributed by atoms with van der Waals surface area (Å²) in [4.78, 5) is 67.0. The SMILES string of the molecule is CC.CC.CC(=O)NCC(=O)NC(C)(C)C.CC(C)(C)NC(=O)CC1CCCCCC1.CC(C)CCC(=O)NC(C)(C)C.CC(C)NC(=O)C1CCCO1.CCC(C)CC(=O)NC(C)(C)C. The normalized spacial score (nSPS) is 15.3. The first-order valence-corrected chi connectivity index (χ1v) is 25.5. The highest BCUT2D eigenvalue weighted by Gasteiger charge is 2.24. The van der Waals surface area contributed by atoms with Gasteiger partial charge >= 0.3 is 0 Å². The van der Waals surface area contributed by atoms with Gasteiger partial charge < -0.3 is 36.6 Å². The summed E-state index contributed by atoms with van der Waals surface area (Å²) in [5.41, 5.74) is -0.504. The summed E-state index contributed by atoms with van der Waals surface area (Å²) in [6, 6.07) is 0.215. The molecule has 13 heteroatoms.